The topological polar surface area (TPSA) is 83.7 Å². The minimum Gasteiger partial charge on any atom is -0.480 e. The van der Waals surface area contributed by atoms with Crippen molar-refractivity contribution < 1.29 is 14.8 Å². The Morgan fingerprint density at radius 2 is 1.95 bits per heavy atom. The van der Waals surface area contributed by atoms with Crippen LogP contribution in [0.1, 0.15) is 12.8 Å². The van der Waals surface area contributed by atoms with Gasteiger partial charge < -0.3 is 10.0 Å². The van der Waals surface area contributed by atoms with E-state index in [4.69, 9.17) is 28.3 Å². The average Bonchev–Trinajstić information content (AvgIpc) is 3.09. The molecule has 1 N–H and O–H groups in total. The number of non-ortho nitro benzene ring substituents is 1. The van der Waals surface area contributed by atoms with Crippen molar-refractivity contribution in [2.45, 2.75) is 18.9 Å². The fourth-order valence-electron chi connectivity index (χ4n) is 1.85. The molecule has 0 spiro atoms. The van der Waals surface area contributed by atoms with E-state index in [1.165, 1.54) is 12.1 Å². The van der Waals surface area contributed by atoms with E-state index in [2.05, 4.69) is 0 Å². The zero-order valence-electron chi connectivity index (χ0n) is 9.68. The standard InChI is InChI=1S/C11H10Cl2N2O4/c12-8-3-7(15(18)19)4-9(13)11(8)14(5-10(16)17)6-1-2-6/h3-4,6H,1-2,5H2,(H,16,17). The SMILES string of the molecule is O=C(O)CN(c1c(Cl)cc([N+](=O)[O-])cc1Cl)C1CC1. The summed E-state index contributed by atoms with van der Waals surface area (Å²) in [5.74, 6) is -1.00. The molecule has 1 saturated carbocycles. The van der Waals surface area contributed by atoms with E-state index in [1.807, 2.05) is 0 Å². The van der Waals surface area contributed by atoms with E-state index in [9.17, 15) is 14.9 Å². The largest absolute Gasteiger partial charge is 0.480 e. The monoisotopic (exact) mass is 304 g/mol. The molecule has 1 aromatic carbocycles. The molecule has 0 unspecified atom stereocenters. The number of carbonyl (C=O) groups is 1. The van der Waals surface area contributed by atoms with Crippen LogP contribution in [0.15, 0.2) is 12.1 Å². The first-order chi connectivity index (χ1) is 8.90. The molecule has 19 heavy (non-hydrogen) atoms. The number of halogens is 2. The van der Waals surface area contributed by atoms with Crippen LogP contribution < -0.4 is 4.90 Å². The lowest BCUT2D eigenvalue weighted by Crippen LogP contribution is -2.32. The molecule has 0 aromatic heterocycles. The van der Waals surface area contributed by atoms with Crippen molar-refractivity contribution in [3.63, 3.8) is 0 Å². The highest BCUT2D eigenvalue weighted by Gasteiger charge is 2.33. The highest BCUT2D eigenvalue weighted by atomic mass is 35.5. The Labute approximate surface area is 118 Å². The first-order valence-electron chi connectivity index (χ1n) is 5.52. The van der Waals surface area contributed by atoms with Gasteiger partial charge in [-0.25, -0.2) is 0 Å². The molecule has 2 rings (SSSR count). The van der Waals surface area contributed by atoms with Gasteiger partial charge in [-0.15, -0.1) is 0 Å². The zero-order valence-corrected chi connectivity index (χ0v) is 11.2. The van der Waals surface area contributed by atoms with Gasteiger partial charge in [0.15, 0.2) is 0 Å². The molecular weight excluding hydrogens is 295 g/mol. The van der Waals surface area contributed by atoms with Crippen LogP contribution in [0.25, 0.3) is 0 Å². The molecule has 6 nitrogen and oxygen atoms in total. The third-order valence-electron chi connectivity index (χ3n) is 2.79. The summed E-state index contributed by atoms with van der Waals surface area (Å²) in [6, 6.07) is 2.44. The lowest BCUT2D eigenvalue weighted by Gasteiger charge is -2.24. The molecule has 0 heterocycles. The van der Waals surface area contributed by atoms with Crippen LogP contribution in [0.2, 0.25) is 10.0 Å². The van der Waals surface area contributed by atoms with Crippen molar-refractivity contribution in [3.8, 4) is 0 Å². The van der Waals surface area contributed by atoms with Crippen molar-refractivity contribution >= 4 is 40.5 Å². The van der Waals surface area contributed by atoms with Gasteiger partial charge in [0.2, 0.25) is 0 Å². The Morgan fingerprint density at radius 1 is 1.42 bits per heavy atom. The van der Waals surface area contributed by atoms with E-state index in [0.717, 1.165) is 12.8 Å². The third-order valence-corrected chi connectivity index (χ3v) is 3.37. The molecule has 0 aliphatic heterocycles. The number of hydrogen-bond acceptors (Lipinski definition) is 4. The van der Waals surface area contributed by atoms with Gasteiger partial charge in [-0.2, -0.15) is 0 Å². The molecular formula is C11H10Cl2N2O4. The Hall–Kier alpha value is -1.53. The van der Waals surface area contributed by atoms with Gasteiger partial charge >= 0.3 is 5.97 Å². The lowest BCUT2D eigenvalue weighted by atomic mass is 10.2. The summed E-state index contributed by atoms with van der Waals surface area (Å²) in [4.78, 5) is 22.6. The maximum Gasteiger partial charge on any atom is 0.323 e. The number of carboxylic acids is 1. The van der Waals surface area contributed by atoms with Crippen LogP contribution >= 0.6 is 23.2 Å². The Morgan fingerprint density at radius 3 is 2.32 bits per heavy atom. The van der Waals surface area contributed by atoms with Gasteiger partial charge in [0.1, 0.15) is 6.54 Å². The Balaban J connectivity index is 2.42. The first-order valence-corrected chi connectivity index (χ1v) is 6.27. The van der Waals surface area contributed by atoms with Crippen molar-refractivity contribution in [2.24, 2.45) is 0 Å². The van der Waals surface area contributed by atoms with E-state index < -0.39 is 10.9 Å². The maximum absolute atomic E-state index is 10.9. The minimum atomic E-state index is -1.00. The van der Waals surface area contributed by atoms with E-state index in [-0.39, 0.29) is 28.3 Å². The number of aliphatic carboxylic acids is 1. The molecule has 0 atom stereocenters. The Kier molecular flexibility index (Phi) is 3.82. The molecule has 0 radical (unpaired) electrons. The number of benzene rings is 1. The van der Waals surface area contributed by atoms with Gasteiger partial charge in [0, 0.05) is 18.2 Å². The highest BCUT2D eigenvalue weighted by Crippen LogP contribution is 2.42. The second-order valence-electron chi connectivity index (χ2n) is 4.27. The third kappa shape index (κ3) is 3.08. The highest BCUT2D eigenvalue weighted by molar-refractivity contribution is 6.39. The van der Waals surface area contributed by atoms with E-state index in [1.54, 1.807) is 4.90 Å². The minimum absolute atomic E-state index is 0.0764. The lowest BCUT2D eigenvalue weighted by molar-refractivity contribution is -0.384. The van der Waals surface area contributed by atoms with Crippen LogP contribution in [0.3, 0.4) is 0 Å². The van der Waals surface area contributed by atoms with Gasteiger partial charge in [-0.05, 0) is 12.8 Å². The van der Waals surface area contributed by atoms with Crippen LogP contribution in [0.5, 0.6) is 0 Å². The van der Waals surface area contributed by atoms with Gasteiger partial charge in [-0.1, -0.05) is 23.2 Å². The molecule has 0 bridgehead atoms. The van der Waals surface area contributed by atoms with Crippen molar-refractivity contribution in [1.82, 2.24) is 0 Å². The molecule has 8 heteroatoms. The van der Waals surface area contributed by atoms with Gasteiger partial charge in [0.05, 0.1) is 20.7 Å². The zero-order chi connectivity index (χ0) is 14.2. The summed E-state index contributed by atoms with van der Waals surface area (Å²) in [5, 5.41) is 19.8. The molecule has 1 aliphatic carbocycles. The summed E-state index contributed by atoms with van der Waals surface area (Å²) in [5.41, 5.74) is 0.128. The number of carboxylic acid groups (broad SMARTS) is 1. The summed E-state index contributed by atoms with van der Waals surface area (Å²) in [6.07, 6.45) is 1.72. The smallest absolute Gasteiger partial charge is 0.323 e. The average molecular weight is 305 g/mol. The van der Waals surface area contributed by atoms with Gasteiger partial charge in [-0.3, -0.25) is 14.9 Å². The fraction of sp³-hybridized carbons (Fsp3) is 0.364. The van der Waals surface area contributed by atoms with Crippen molar-refractivity contribution in [1.29, 1.82) is 0 Å². The Bertz CT molecular complexity index is 522. The summed E-state index contributed by atoms with van der Waals surface area (Å²) >= 11 is 12.0. The maximum atomic E-state index is 10.9. The van der Waals surface area contributed by atoms with Crippen LogP contribution in [0, 0.1) is 10.1 Å². The number of anilines is 1. The van der Waals surface area contributed by atoms with Crippen molar-refractivity contribution in [3.05, 3.63) is 32.3 Å². The number of nitrogens with zero attached hydrogens (tertiary/aromatic N) is 2. The molecule has 0 saturated heterocycles. The summed E-state index contributed by atoms with van der Waals surface area (Å²) in [6.45, 7) is -0.234. The summed E-state index contributed by atoms with van der Waals surface area (Å²) < 4.78 is 0. The predicted octanol–water partition coefficient (Wildman–Crippen LogP) is 2.96. The van der Waals surface area contributed by atoms with Crippen LogP contribution in [-0.4, -0.2) is 28.6 Å². The van der Waals surface area contributed by atoms with Crippen LogP contribution in [-0.2, 0) is 4.79 Å². The second kappa shape index (κ2) is 5.22. The number of nitro benzene ring substituents is 1. The number of nitro groups is 1. The molecule has 1 aliphatic rings. The quantitative estimate of drug-likeness (QED) is 0.668. The fourth-order valence-corrected chi connectivity index (χ4v) is 2.55. The molecule has 0 amide bonds. The molecule has 1 aromatic rings. The summed E-state index contributed by atoms with van der Waals surface area (Å²) in [7, 11) is 0. The second-order valence-corrected chi connectivity index (χ2v) is 5.08. The van der Waals surface area contributed by atoms with E-state index >= 15 is 0 Å². The molecule has 102 valence electrons. The normalized spacial score (nSPS) is 14.2. The number of rotatable bonds is 5. The van der Waals surface area contributed by atoms with Crippen molar-refractivity contribution in [2.75, 3.05) is 11.4 Å². The van der Waals surface area contributed by atoms with Crippen LogP contribution in [0.4, 0.5) is 11.4 Å². The first kappa shape index (κ1) is 13.9. The number of hydrogen-bond donors (Lipinski definition) is 1. The van der Waals surface area contributed by atoms with E-state index in [0.29, 0.717) is 5.69 Å². The predicted molar refractivity (Wildman–Crippen MR) is 71.1 cm³/mol. The molecule has 1 fully saturated rings. The van der Waals surface area contributed by atoms with Gasteiger partial charge in [0.25, 0.3) is 5.69 Å².